The number of halogens is 2. The van der Waals surface area contributed by atoms with Gasteiger partial charge in [0, 0.05) is 29.8 Å². The Morgan fingerprint density at radius 3 is 2.38 bits per heavy atom. The Labute approximate surface area is 236 Å². The number of allylic oxidation sites excluding steroid dienone is 1. The number of nitrogens with one attached hydrogen (secondary N) is 2. The normalized spacial score (nSPS) is 13.5. The number of carbonyl (C=O) groups excluding carboxylic acids is 1. The number of hydrogen-bond donors (Lipinski definition) is 2. The molecule has 0 radical (unpaired) electrons. The second kappa shape index (κ2) is 14.4. The van der Waals surface area contributed by atoms with E-state index < -0.39 is 0 Å². The van der Waals surface area contributed by atoms with Crippen molar-refractivity contribution >= 4 is 29.7 Å². The SMILES string of the molecule is C=C(CC)C(CC(NC(=NCc1ccccc1C)NC(=O)c1ccc(Cl)cc1)[N+](C)=CC)c1ccc(F)cc1. The van der Waals surface area contributed by atoms with E-state index in [1.807, 2.05) is 68.1 Å². The maximum atomic E-state index is 13.7. The summed E-state index contributed by atoms with van der Waals surface area (Å²) in [6, 6.07) is 21.3. The quantitative estimate of drug-likeness (QED) is 0.0957. The Morgan fingerprint density at radius 2 is 1.77 bits per heavy atom. The molecule has 39 heavy (non-hydrogen) atoms. The molecule has 7 heteroatoms. The molecule has 0 saturated heterocycles. The lowest BCUT2D eigenvalue weighted by Gasteiger charge is -2.25. The molecule has 1 amide bonds. The van der Waals surface area contributed by atoms with E-state index in [0.29, 0.717) is 29.5 Å². The van der Waals surface area contributed by atoms with Crippen LogP contribution in [-0.4, -0.2) is 35.9 Å². The molecule has 0 aliphatic heterocycles. The lowest BCUT2D eigenvalue weighted by molar-refractivity contribution is -0.539. The van der Waals surface area contributed by atoms with Crippen LogP contribution < -0.4 is 10.6 Å². The minimum atomic E-state index is -0.294. The molecule has 0 fully saturated rings. The maximum absolute atomic E-state index is 13.7. The van der Waals surface area contributed by atoms with Gasteiger partial charge < -0.3 is 0 Å². The van der Waals surface area contributed by atoms with Crippen LogP contribution in [0.1, 0.15) is 59.7 Å². The average molecular weight is 548 g/mol. The maximum Gasteiger partial charge on any atom is 0.257 e. The van der Waals surface area contributed by atoms with Gasteiger partial charge in [-0.1, -0.05) is 67.1 Å². The summed E-state index contributed by atoms with van der Waals surface area (Å²) in [6.07, 6.45) is 3.14. The standard InChI is InChI=1S/C32H36ClFN4O/c1-6-22(3)29(24-14-18-28(34)19-15-24)20-30(38(5)7-2)36-32(35-21-26-11-9-8-10-23(26)4)37-31(39)25-12-16-27(33)17-13-25/h7-19,29-30H,3,6,20-21H2,1-2,4-5H3,(H-,35,36,37,39)/p+1. The molecule has 0 aromatic heterocycles. The van der Waals surface area contributed by atoms with Gasteiger partial charge in [-0.05, 0) is 66.4 Å². The van der Waals surface area contributed by atoms with E-state index in [2.05, 4.69) is 24.1 Å². The predicted molar refractivity (Wildman–Crippen MR) is 159 cm³/mol. The summed E-state index contributed by atoms with van der Waals surface area (Å²) in [5.74, 6) is -0.238. The van der Waals surface area contributed by atoms with Crippen molar-refractivity contribution in [2.45, 2.75) is 52.2 Å². The number of benzene rings is 3. The van der Waals surface area contributed by atoms with Gasteiger partial charge in [0.1, 0.15) is 19.1 Å². The molecule has 0 aliphatic rings. The first-order chi connectivity index (χ1) is 18.7. The summed E-state index contributed by atoms with van der Waals surface area (Å²) in [5.41, 5.74) is 4.69. The van der Waals surface area contributed by atoms with E-state index in [0.717, 1.165) is 28.7 Å². The highest BCUT2D eigenvalue weighted by atomic mass is 35.5. The van der Waals surface area contributed by atoms with E-state index in [9.17, 15) is 9.18 Å². The van der Waals surface area contributed by atoms with Crippen molar-refractivity contribution in [3.05, 3.63) is 118 Å². The monoisotopic (exact) mass is 547 g/mol. The summed E-state index contributed by atoms with van der Waals surface area (Å²) in [7, 11) is 1.97. The molecule has 204 valence electrons. The highest BCUT2D eigenvalue weighted by Gasteiger charge is 2.27. The Hall–Kier alpha value is -3.77. The van der Waals surface area contributed by atoms with Crippen LogP contribution in [0.15, 0.2) is 89.9 Å². The predicted octanol–water partition coefficient (Wildman–Crippen LogP) is 6.86. The molecule has 2 atom stereocenters. The van der Waals surface area contributed by atoms with E-state index >= 15 is 0 Å². The van der Waals surface area contributed by atoms with E-state index in [1.165, 1.54) is 12.1 Å². The second-order valence-corrected chi connectivity index (χ2v) is 9.92. The molecule has 0 aliphatic carbocycles. The van der Waals surface area contributed by atoms with Crippen molar-refractivity contribution in [1.29, 1.82) is 0 Å². The molecule has 3 aromatic carbocycles. The summed E-state index contributed by atoms with van der Waals surface area (Å²) in [6.45, 7) is 10.8. The fraction of sp³-hybridized carbons (Fsp3) is 0.281. The summed E-state index contributed by atoms with van der Waals surface area (Å²) >= 11 is 6.01. The minimum absolute atomic E-state index is 0.0277. The third-order valence-corrected chi connectivity index (χ3v) is 7.14. The first-order valence-electron chi connectivity index (χ1n) is 13.1. The fourth-order valence-electron chi connectivity index (χ4n) is 4.22. The van der Waals surface area contributed by atoms with Gasteiger partial charge in [-0.25, -0.2) is 14.0 Å². The summed E-state index contributed by atoms with van der Waals surface area (Å²) < 4.78 is 15.7. The van der Waals surface area contributed by atoms with E-state index in [4.69, 9.17) is 16.6 Å². The summed E-state index contributed by atoms with van der Waals surface area (Å²) in [5, 5.41) is 6.99. The second-order valence-electron chi connectivity index (χ2n) is 9.49. The average Bonchev–Trinajstić information content (AvgIpc) is 2.94. The number of guanidine groups is 1. The van der Waals surface area contributed by atoms with Crippen LogP contribution in [0.4, 0.5) is 4.39 Å². The number of rotatable bonds is 10. The lowest BCUT2D eigenvalue weighted by Crippen LogP contribution is -2.50. The molecule has 3 aromatic rings. The van der Waals surface area contributed by atoms with Crippen LogP contribution >= 0.6 is 11.6 Å². The zero-order valence-electron chi connectivity index (χ0n) is 23.0. The molecular weight excluding hydrogens is 511 g/mol. The van der Waals surface area contributed by atoms with Crippen molar-refractivity contribution in [2.75, 3.05) is 7.05 Å². The Kier molecular flexibility index (Phi) is 11.0. The molecule has 0 heterocycles. The van der Waals surface area contributed by atoms with Crippen molar-refractivity contribution in [3.8, 4) is 0 Å². The Balaban J connectivity index is 1.94. The Bertz CT molecular complexity index is 1330. The highest BCUT2D eigenvalue weighted by Crippen LogP contribution is 2.30. The van der Waals surface area contributed by atoms with Crippen LogP contribution in [0.3, 0.4) is 0 Å². The van der Waals surface area contributed by atoms with Crippen molar-refractivity contribution < 1.29 is 13.8 Å². The summed E-state index contributed by atoms with van der Waals surface area (Å²) in [4.78, 5) is 17.9. The van der Waals surface area contributed by atoms with E-state index in [-0.39, 0.29) is 23.8 Å². The highest BCUT2D eigenvalue weighted by molar-refractivity contribution is 6.30. The molecule has 3 rings (SSSR count). The van der Waals surface area contributed by atoms with Gasteiger partial charge in [-0.3, -0.25) is 15.4 Å². The lowest BCUT2D eigenvalue weighted by atomic mass is 9.86. The number of amides is 1. The van der Waals surface area contributed by atoms with Crippen LogP contribution in [0.2, 0.25) is 5.02 Å². The van der Waals surface area contributed by atoms with Crippen molar-refractivity contribution in [1.82, 2.24) is 10.6 Å². The molecule has 5 nitrogen and oxygen atoms in total. The van der Waals surface area contributed by atoms with Crippen LogP contribution in [0.25, 0.3) is 0 Å². The van der Waals surface area contributed by atoms with Gasteiger partial charge in [0.2, 0.25) is 12.1 Å². The molecule has 0 saturated carbocycles. The zero-order chi connectivity index (χ0) is 28.4. The van der Waals surface area contributed by atoms with E-state index in [1.54, 1.807) is 24.3 Å². The van der Waals surface area contributed by atoms with Crippen LogP contribution in [0, 0.1) is 12.7 Å². The van der Waals surface area contributed by atoms with Gasteiger partial charge in [-0.2, -0.15) is 0 Å². The van der Waals surface area contributed by atoms with Crippen LogP contribution in [0.5, 0.6) is 0 Å². The van der Waals surface area contributed by atoms with Gasteiger partial charge in [0.25, 0.3) is 5.91 Å². The van der Waals surface area contributed by atoms with Crippen LogP contribution in [-0.2, 0) is 6.54 Å². The van der Waals surface area contributed by atoms with Gasteiger partial charge in [-0.15, -0.1) is 0 Å². The molecule has 0 bridgehead atoms. The van der Waals surface area contributed by atoms with Gasteiger partial charge in [0.15, 0.2) is 0 Å². The van der Waals surface area contributed by atoms with Gasteiger partial charge in [0.05, 0.1) is 6.54 Å². The van der Waals surface area contributed by atoms with Gasteiger partial charge >= 0.3 is 0 Å². The molecule has 2 unspecified atom stereocenters. The number of aliphatic imine (C=N–C) groups is 1. The van der Waals surface area contributed by atoms with Crippen molar-refractivity contribution in [2.24, 2.45) is 4.99 Å². The third-order valence-electron chi connectivity index (χ3n) is 6.89. The molecular formula is C32H37ClFN4O+. The topological polar surface area (TPSA) is 56.5 Å². The molecule has 0 spiro atoms. The smallest absolute Gasteiger partial charge is 0.257 e. The zero-order valence-corrected chi connectivity index (χ0v) is 23.8. The minimum Gasteiger partial charge on any atom is -0.298 e. The first-order valence-corrected chi connectivity index (χ1v) is 13.5. The number of nitrogens with zero attached hydrogens (tertiary/aromatic N) is 2. The number of aryl methyl sites for hydroxylation is 1. The number of carbonyl (C=O) groups is 1. The van der Waals surface area contributed by atoms with Crippen molar-refractivity contribution in [3.63, 3.8) is 0 Å². The number of hydrogen-bond acceptors (Lipinski definition) is 2. The molecule has 2 N–H and O–H groups in total. The fourth-order valence-corrected chi connectivity index (χ4v) is 4.35. The third kappa shape index (κ3) is 8.62. The first kappa shape index (κ1) is 29.8. The Morgan fingerprint density at radius 1 is 1.10 bits per heavy atom. The largest absolute Gasteiger partial charge is 0.298 e.